The molecule has 2 aromatic heterocycles. The lowest BCUT2D eigenvalue weighted by atomic mass is 10.3. The lowest BCUT2D eigenvalue weighted by molar-refractivity contribution is 0.350. The Kier molecular flexibility index (Phi) is 5.76. The van der Waals surface area contributed by atoms with Crippen LogP contribution in [-0.4, -0.2) is 53.0 Å². The maximum absolute atomic E-state index is 5.36. The van der Waals surface area contributed by atoms with Crippen molar-refractivity contribution in [2.24, 2.45) is 0 Å². The normalized spacial score (nSPS) is 10.6. The molecule has 2 heterocycles. The largest absolute Gasteiger partial charge is 0.493 e. The van der Waals surface area contributed by atoms with Crippen LogP contribution in [0, 0.1) is 0 Å². The third kappa shape index (κ3) is 3.82. The number of ether oxygens (including phenoxy) is 2. The van der Waals surface area contributed by atoms with Gasteiger partial charge in [0.2, 0.25) is 5.16 Å². The molecule has 0 saturated heterocycles. The van der Waals surface area contributed by atoms with E-state index in [9.17, 15) is 0 Å². The molecular weight excluding hydrogens is 292 g/mol. The number of tetrazole rings is 1. The Morgan fingerprint density at radius 2 is 2.19 bits per heavy atom. The van der Waals surface area contributed by atoms with E-state index < -0.39 is 0 Å². The van der Waals surface area contributed by atoms with Crippen LogP contribution < -0.4 is 14.8 Å². The summed E-state index contributed by atoms with van der Waals surface area (Å²) >= 11 is 1.51. The van der Waals surface area contributed by atoms with E-state index in [1.807, 2.05) is 7.05 Å². The molecule has 0 aliphatic heterocycles. The summed E-state index contributed by atoms with van der Waals surface area (Å²) < 4.78 is 12.4. The highest BCUT2D eigenvalue weighted by Gasteiger charge is 2.13. The number of nitrogens with zero attached hydrogens (tertiary/aromatic N) is 5. The zero-order valence-electron chi connectivity index (χ0n) is 12.2. The van der Waals surface area contributed by atoms with E-state index >= 15 is 0 Å². The third-order valence-corrected chi connectivity index (χ3v) is 3.75. The molecule has 8 nitrogen and oxygen atoms in total. The van der Waals surface area contributed by atoms with Crippen LogP contribution in [0.4, 0.5) is 0 Å². The molecule has 1 N–H and O–H groups in total. The van der Waals surface area contributed by atoms with E-state index in [1.54, 1.807) is 31.2 Å². The molecule has 21 heavy (non-hydrogen) atoms. The molecule has 0 radical (unpaired) electrons. The molecular formula is C12H18N6O2S. The maximum atomic E-state index is 5.36. The van der Waals surface area contributed by atoms with Gasteiger partial charge in [-0.3, -0.25) is 4.98 Å². The van der Waals surface area contributed by atoms with Crippen LogP contribution in [-0.2, 0) is 12.3 Å². The Morgan fingerprint density at radius 3 is 2.90 bits per heavy atom. The molecule has 2 aromatic rings. The zero-order chi connectivity index (χ0) is 15.1. The van der Waals surface area contributed by atoms with Crippen LogP contribution in [0.15, 0.2) is 17.4 Å². The van der Waals surface area contributed by atoms with Crippen molar-refractivity contribution in [3.05, 3.63) is 18.0 Å². The highest BCUT2D eigenvalue weighted by atomic mass is 32.2. The quantitative estimate of drug-likeness (QED) is 0.709. The number of pyridine rings is 1. The summed E-state index contributed by atoms with van der Waals surface area (Å²) in [6.45, 7) is 1.52. The van der Waals surface area contributed by atoms with Crippen LogP contribution in [0.5, 0.6) is 11.5 Å². The van der Waals surface area contributed by atoms with Crippen LogP contribution in [0.2, 0.25) is 0 Å². The maximum Gasteiger partial charge on any atom is 0.209 e. The molecule has 114 valence electrons. The first kappa shape index (κ1) is 15.5. The predicted molar refractivity (Wildman–Crippen MR) is 78.6 cm³/mol. The second-order valence-corrected chi connectivity index (χ2v) is 5.01. The van der Waals surface area contributed by atoms with Crippen molar-refractivity contribution >= 4 is 11.8 Å². The van der Waals surface area contributed by atoms with Gasteiger partial charge in [0.25, 0.3) is 0 Å². The lowest BCUT2D eigenvalue weighted by Gasteiger charge is -2.11. The Balaban J connectivity index is 2.08. The van der Waals surface area contributed by atoms with E-state index in [4.69, 9.17) is 9.47 Å². The fraction of sp³-hybridized carbons (Fsp3) is 0.500. The van der Waals surface area contributed by atoms with E-state index in [0.29, 0.717) is 23.8 Å². The fourth-order valence-electron chi connectivity index (χ4n) is 1.74. The second kappa shape index (κ2) is 7.79. The predicted octanol–water partition coefficient (Wildman–Crippen LogP) is 0.597. The molecule has 0 bridgehead atoms. The molecule has 0 fully saturated rings. The van der Waals surface area contributed by atoms with Gasteiger partial charge < -0.3 is 14.8 Å². The number of nitrogens with one attached hydrogen (secondary N) is 1. The van der Waals surface area contributed by atoms with Gasteiger partial charge in [0.1, 0.15) is 0 Å². The summed E-state index contributed by atoms with van der Waals surface area (Å²) in [5, 5.41) is 15.5. The Morgan fingerprint density at radius 1 is 1.33 bits per heavy atom. The highest BCUT2D eigenvalue weighted by molar-refractivity contribution is 7.98. The smallest absolute Gasteiger partial charge is 0.209 e. The average molecular weight is 310 g/mol. The molecule has 2 rings (SSSR count). The number of likely N-dealkylation sites (N-methyl/N-ethyl adjacent to an activating group) is 1. The van der Waals surface area contributed by atoms with Gasteiger partial charge in [-0.1, -0.05) is 11.8 Å². The standard InChI is InChI=1S/C12H18N6O2S/c1-13-6-7-18-12(15-16-17-18)21-8-9-11(20-3)10(19-2)4-5-14-9/h4-5,13H,6-8H2,1-3H3. The fourth-order valence-corrected chi connectivity index (χ4v) is 2.59. The minimum absolute atomic E-state index is 0.598. The zero-order valence-corrected chi connectivity index (χ0v) is 13.1. The van der Waals surface area contributed by atoms with E-state index in [1.165, 1.54) is 11.8 Å². The molecule has 0 aliphatic rings. The summed E-state index contributed by atoms with van der Waals surface area (Å²) in [6.07, 6.45) is 1.70. The van der Waals surface area contributed by atoms with Crippen molar-refractivity contribution in [2.75, 3.05) is 27.8 Å². The number of hydrogen-bond donors (Lipinski definition) is 1. The van der Waals surface area contributed by atoms with Crippen LogP contribution in [0.1, 0.15) is 5.69 Å². The molecule has 0 spiro atoms. The van der Waals surface area contributed by atoms with Crippen LogP contribution in [0.25, 0.3) is 0 Å². The van der Waals surface area contributed by atoms with Gasteiger partial charge in [0.15, 0.2) is 11.5 Å². The minimum atomic E-state index is 0.598. The number of rotatable bonds is 8. The summed E-state index contributed by atoms with van der Waals surface area (Å²) in [5.41, 5.74) is 0.796. The number of methoxy groups -OCH3 is 2. The summed E-state index contributed by atoms with van der Waals surface area (Å²) in [5.74, 6) is 1.90. The molecule has 0 aliphatic carbocycles. The van der Waals surface area contributed by atoms with Crippen molar-refractivity contribution in [3.63, 3.8) is 0 Å². The molecule has 0 atom stereocenters. The number of hydrogen-bond acceptors (Lipinski definition) is 8. The van der Waals surface area contributed by atoms with E-state index in [2.05, 4.69) is 25.8 Å². The minimum Gasteiger partial charge on any atom is -0.493 e. The lowest BCUT2D eigenvalue weighted by Crippen LogP contribution is -2.16. The summed E-state index contributed by atoms with van der Waals surface area (Å²) in [6, 6.07) is 1.77. The third-order valence-electron chi connectivity index (χ3n) is 2.78. The highest BCUT2D eigenvalue weighted by Crippen LogP contribution is 2.32. The molecule has 0 amide bonds. The summed E-state index contributed by atoms with van der Waals surface area (Å²) in [4.78, 5) is 4.33. The Labute approximate surface area is 127 Å². The van der Waals surface area contributed by atoms with E-state index in [-0.39, 0.29) is 0 Å². The van der Waals surface area contributed by atoms with Crippen molar-refractivity contribution in [1.82, 2.24) is 30.5 Å². The Hall–Kier alpha value is -1.87. The first-order valence-corrected chi connectivity index (χ1v) is 7.38. The average Bonchev–Trinajstić information content (AvgIpc) is 2.97. The van der Waals surface area contributed by atoms with Crippen molar-refractivity contribution < 1.29 is 9.47 Å². The Bertz CT molecular complexity index is 577. The summed E-state index contributed by atoms with van der Waals surface area (Å²) in [7, 11) is 5.10. The van der Waals surface area contributed by atoms with Gasteiger partial charge in [0.05, 0.1) is 26.5 Å². The van der Waals surface area contributed by atoms with Crippen LogP contribution >= 0.6 is 11.8 Å². The SMILES string of the molecule is CNCCn1nnnc1SCc1nccc(OC)c1OC. The topological polar surface area (TPSA) is 87.0 Å². The van der Waals surface area contributed by atoms with Crippen molar-refractivity contribution in [3.8, 4) is 11.5 Å². The molecule has 0 unspecified atom stereocenters. The monoisotopic (exact) mass is 310 g/mol. The van der Waals surface area contributed by atoms with Crippen LogP contribution in [0.3, 0.4) is 0 Å². The second-order valence-electron chi connectivity index (χ2n) is 4.07. The molecule has 0 aromatic carbocycles. The van der Waals surface area contributed by atoms with Crippen molar-refractivity contribution in [2.45, 2.75) is 17.5 Å². The van der Waals surface area contributed by atoms with Gasteiger partial charge in [-0.05, 0) is 17.5 Å². The molecule has 0 saturated carbocycles. The van der Waals surface area contributed by atoms with Gasteiger partial charge in [-0.25, -0.2) is 4.68 Å². The first-order chi connectivity index (χ1) is 10.3. The number of thioether (sulfide) groups is 1. The van der Waals surface area contributed by atoms with Gasteiger partial charge >= 0.3 is 0 Å². The van der Waals surface area contributed by atoms with Crippen molar-refractivity contribution in [1.29, 1.82) is 0 Å². The van der Waals surface area contributed by atoms with Gasteiger partial charge in [0, 0.05) is 24.6 Å². The van der Waals surface area contributed by atoms with E-state index in [0.717, 1.165) is 17.4 Å². The van der Waals surface area contributed by atoms with Gasteiger partial charge in [-0.2, -0.15) is 0 Å². The molecule has 9 heteroatoms. The number of aromatic nitrogens is 5. The first-order valence-electron chi connectivity index (χ1n) is 6.39. The van der Waals surface area contributed by atoms with Gasteiger partial charge in [-0.15, -0.1) is 5.10 Å².